The molecule has 0 saturated heterocycles. The second kappa shape index (κ2) is 4.65. The summed E-state index contributed by atoms with van der Waals surface area (Å²) < 4.78 is 4.89. The fourth-order valence-electron chi connectivity index (χ4n) is 1.36. The van der Waals surface area contributed by atoms with Crippen LogP contribution in [0.3, 0.4) is 0 Å². The lowest BCUT2D eigenvalue weighted by molar-refractivity contribution is 0.0950. The van der Waals surface area contributed by atoms with Crippen LogP contribution in [0, 0.1) is 6.92 Å². The topological polar surface area (TPSA) is 94.0 Å². The number of aromatic nitrogens is 2. The molecule has 2 aromatic heterocycles. The molecule has 0 unspecified atom stereocenters. The van der Waals surface area contributed by atoms with Gasteiger partial charge in [-0.25, -0.2) is 4.98 Å². The number of amides is 1. The van der Waals surface area contributed by atoms with Crippen LogP contribution in [0.5, 0.6) is 0 Å². The lowest BCUT2D eigenvalue weighted by atomic mass is 10.2. The van der Waals surface area contributed by atoms with Crippen molar-refractivity contribution in [1.29, 1.82) is 0 Å². The Balaban J connectivity index is 1.98. The zero-order valence-corrected chi connectivity index (χ0v) is 9.30. The molecule has 0 saturated carbocycles. The van der Waals surface area contributed by atoms with E-state index in [0.717, 1.165) is 0 Å². The van der Waals surface area contributed by atoms with Crippen molar-refractivity contribution in [3.8, 4) is 0 Å². The number of hydrogen-bond acceptors (Lipinski definition) is 5. The molecule has 3 N–H and O–H groups in total. The first-order chi connectivity index (χ1) is 8.15. The second-order valence-corrected chi connectivity index (χ2v) is 3.58. The van der Waals surface area contributed by atoms with Crippen molar-refractivity contribution < 1.29 is 9.32 Å². The smallest absolute Gasteiger partial charge is 0.251 e. The summed E-state index contributed by atoms with van der Waals surface area (Å²) in [7, 11) is 0. The fraction of sp³-hybridized carbons (Fsp3) is 0.182. The van der Waals surface area contributed by atoms with Gasteiger partial charge in [0.15, 0.2) is 0 Å². The van der Waals surface area contributed by atoms with Crippen LogP contribution in [-0.2, 0) is 6.54 Å². The fourth-order valence-corrected chi connectivity index (χ4v) is 1.36. The van der Waals surface area contributed by atoms with Crippen molar-refractivity contribution >= 4 is 11.7 Å². The van der Waals surface area contributed by atoms with Crippen LogP contribution in [0.15, 0.2) is 28.9 Å². The van der Waals surface area contributed by atoms with E-state index in [-0.39, 0.29) is 5.91 Å². The van der Waals surface area contributed by atoms with Crippen LogP contribution >= 0.6 is 0 Å². The molecule has 0 spiro atoms. The van der Waals surface area contributed by atoms with Crippen LogP contribution < -0.4 is 11.1 Å². The molecule has 88 valence electrons. The van der Waals surface area contributed by atoms with Crippen LogP contribution in [0.2, 0.25) is 0 Å². The number of nitrogens with two attached hydrogens (primary N) is 1. The molecule has 0 atom stereocenters. The molecule has 0 aliphatic carbocycles. The van der Waals surface area contributed by atoms with Gasteiger partial charge in [-0.2, -0.15) is 0 Å². The third kappa shape index (κ3) is 2.81. The molecule has 0 bridgehead atoms. The number of aryl methyl sites for hydroxylation is 1. The minimum absolute atomic E-state index is 0.222. The number of pyridine rings is 1. The van der Waals surface area contributed by atoms with E-state index in [1.54, 1.807) is 19.1 Å². The third-order valence-electron chi connectivity index (χ3n) is 2.15. The zero-order chi connectivity index (χ0) is 12.3. The first kappa shape index (κ1) is 11.1. The van der Waals surface area contributed by atoms with E-state index < -0.39 is 0 Å². The van der Waals surface area contributed by atoms with E-state index in [1.165, 1.54) is 12.3 Å². The van der Waals surface area contributed by atoms with Crippen molar-refractivity contribution in [1.82, 2.24) is 15.5 Å². The lowest BCUT2D eigenvalue weighted by Gasteiger charge is -2.02. The van der Waals surface area contributed by atoms with E-state index in [4.69, 9.17) is 10.3 Å². The van der Waals surface area contributed by atoms with Crippen molar-refractivity contribution in [3.05, 3.63) is 41.4 Å². The van der Waals surface area contributed by atoms with Crippen LogP contribution in [0.25, 0.3) is 0 Å². The largest absolute Gasteiger partial charge is 0.384 e. The van der Waals surface area contributed by atoms with Gasteiger partial charge >= 0.3 is 0 Å². The number of carbonyl (C=O) groups is 1. The first-order valence-electron chi connectivity index (χ1n) is 5.07. The van der Waals surface area contributed by atoms with E-state index in [1.807, 2.05) is 0 Å². The SMILES string of the molecule is Cc1cc(CNC(=O)c2ccnc(N)c2)no1. The predicted molar refractivity (Wildman–Crippen MR) is 61.1 cm³/mol. The number of anilines is 1. The Morgan fingerprint density at radius 2 is 2.35 bits per heavy atom. The molecule has 2 rings (SSSR count). The minimum Gasteiger partial charge on any atom is -0.384 e. The molecule has 0 aliphatic heterocycles. The van der Waals surface area contributed by atoms with Crippen molar-refractivity contribution in [2.45, 2.75) is 13.5 Å². The average molecular weight is 232 g/mol. The van der Waals surface area contributed by atoms with Crippen molar-refractivity contribution in [3.63, 3.8) is 0 Å². The van der Waals surface area contributed by atoms with Gasteiger partial charge in [0.2, 0.25) is 0 Å². The monoisotopic (exact) mass is 232 g/mol. The van der Waals surface area contributed by atoms with Gasteiger partial charge in [0.25, 0.3) is 5.91 Å². The Labute approximate surface area is 97.8 Å². The molecular weight excluding hydrogens is 220 g/mol. The molecular formula is C11H12N4O2. The number of nitrogens with zero attached hydrogens (tertiary/aromatic N) is 2. The predicted octanol–water partition coefficient (Wildman–Crippen LogP) is 0.890. The molecule has 2 aromatic rings. The average Bonchev–Trinajstić information content (AvgIpc) is 2.72. The van der Waals surface area contributed by atoms with Gasteiger partial charge in [0, 0.05) is 17.8 Å². The van der Waals surface area contributed by atoms with Gasteiger partial charge in [0.1, 0.15) is 17.3 Å². The summed E-state index contributed by atoms with van der Waals surface area (Å²) in [5.74, 6) is 0.803. The Bertz CT molecular complexity index is 536. The summed E-state index contributed by atoms with van der Waals surface area (Å²) in [4.78, 5) is 15.5. The summed E-state index contributed by atoms with van der Waals surface area (Å²) in [6, 6.07) is 4.88. The van der Waals surface area contributed by atoms with Crippen molar-refractivity contribution in [2.75, 3.05) is 5.73 Å². The molecule has 1 amide bonds. The Morgan fingerprint density at radius 3 is 3.00 bits per heavy atom. The van der Waals surface area contributed by atoms with Gasteiger partial charge in [-0.3, -0.25) is 4.79 Å². The molecule has 0 fully saturated rings. The lowest BCUT2D eigenvalue weighted by Crippen LogP contribution is -2.23. The maximum Gasteiger partial charge on any atom is 0.251 e. The maximum absolute atomic E-state index is 11.7. The van der Waals surface area contributed by atoms with Crippen LogP contribution in [-0.4, -0.2) is 16.0 Å². The first-order valence-corrected chi connectivity index (χ1v) is 5.07. The van der Waals surface area contributed by atoms with E-state index in [2.05, 4.69) is 15.5 Å². The van der Waals surface area contributed by atoms with Gasteiger partial charge in [0.05, 0.1) is 6.54 Å². The molecule has 0 aliphatic rings. The van der Waals surface area contributed by atoms with E-state index in [0.29, 0.717) is 29.4 Å². The summed E-state index contributed by atoms with van der Waals surface area (Å²) in [5.41, 5.74) is 6.64. The quantitative estimate of drug-likeness (QED) is 0.819. The highest BCUT2D eigenvalue weighted by molar-refractivity contribution is 5.94. The minimum atomic E-state index is -0.222. The standard InChI is InChI=1S/C11H12N4O2/c1-7-4-9(15-17-7)6-14-11(16)8-2-3-13-10(12)5-8/h2-5H,6H2,1H3,(H2,12,13)(H,14,16). The molecule has 2 heterocycles. The van der Waals surface area contributed by atoms with Crippen molar-refractivity contribution in [2.24, 2.45) is 0 Å². The number of nitrogen functional groups attached to an aromatic ring is 1. The molecule has 6 nitrogen and oxygen atoms in total. The van der Waals surface area contributed by atoms with Gasteiger partial charge < -0.3 is 15.6 Å². The molecule has 0 radical (unpaired) electrons. The highest BCUT2D eigenvalue weighted by Gasteiger charge is 2.07. The Hall–Kier alpha value is -2.37. The summed E-state index contributed by atoms with van der Waals surface area (Å²) in [6.45, 7) is 2.11. The summed E-state index contributed by atoms with van der Waals surface area (Å²) in [5, 5.41) is 6.48. The van der Waals surface area contributed by atoms with E-state index >= 15 is 0 Å². The Kier molecular flexibility index (Phi) is 3.04. The normalized spacial score (nSPS) is 10.2. The second-order valence-electron chi connectivity index (χ2n) is 3.58. The Morgan fingerprint density at radius 1 is 1.53 bits per heavy atom. The molecule has 0 aromatic carbocycles. The summed E-state index contributed by atoms with van der Waals surface area (Å²) >= 11 is 0. The van der Waals surface area contributed by atoms with Crippen LogP contribution in [0.4, 0.5) is 5.82 Å². The van der Waals surface area contributed by atoms with Gasteiger partial charge in [-0.05, 0) is 19.1 Å². The van der Waals surface area contributed by atoms with Crippen LogP contribution in [0.1, 0.15) is 21.8 Å². The number of rotatable bonds is 3. The zero-order valence-electron chi connectivity index (χ0n) is 9.30. The summed E-state index contributed by atoms with van der Waals surface area (Å²) in [6.07, 6.45) is 1.49. The maximum atomic E-state index is 11.7. The van der Waals surface area contributed by atoms with E-state index in [9.17, 15) is 4.79 Å². The number of carbonyl (C=O) groups excluding carboxylic acids is 1. The van der Waals surface area contributed by atoms with Gasteiger partial charge in [-0.15, -0.1) is 0 Å². The number of hydrogen-bond donors (Lipinski definition) is 2. The molecule has 6 heteroatoms. The number of nitrogens with one attached hydrogen (secondary N) is 1. The highest BCUT2D eigenvalue weighted by atomic mass is 16.5. The third-order valence-corrected chi connectivity index (χ3v) is 2.15. The van der Waals surface area contributed by atoms with Gasteiger partial charge in [-0.1, -0.05) is 5.16 Å². The molecule has 17 heavy (non-hydrogen) atoms. The highest BCUT2D eigenvalue weighted by Crippen LogP contribution is 2.04.